The number of aliphatic hydroxyl groups excluding tert-OH is 1. The van der Waals surface area contributed by atoms with Crippen molar-refractivity contribution in [1.82, 2.24) is 5.32 Å². The Morgan fingerprint density at radius 3 is 2.53 bits per heavy atom. The first-order valence-corrected chi connectivity index (χ1v) is 5.40. The van der Waals surface area contributed by atoms with Crippen molar-refractivity contribution in [2.24, 2.45) is 0 Å². The number of carbonyl (C=O) groups is 1. The van der Waals surface area contributed by atoms with Crippen LogP contribution in [0.2, 0.25) is 0 Å². The molecule has 0 saturated carbocycles. The number of nitrogens with one attached hydrogen (secondary N) is 1. The summed E-state index contributed by atoms with van der Waals surface area (Å²) in [6.45, 7) is 1.67. The first-order valence-electron chi connectivity index (χ1n) is 5.40. The maximum Gasteiger partial charge on any atom is 0.411 e. The smallest absolute Gasteiger partial charge is 0.391 e. The van der Waals surface area contributed by atoms with Crippen LogP contribution < -0.4 is 5.32 Å². The van der Waals surface area contributed by atoms with Gasteiger partial charge >= 0.3 is 6.18 Å². The number of aliphatic hydroxyl groups is 1. The predicted molar refractivity (Wildman–Crippen MR) is 55.4 cm³/mol. The van der Waals surface area contributed by atoms with E-state index in [0.717, 1.165) is 6.42 Å². The lowest BCUT2D eigenvalue weighted by Gasteiger charge is -2.16. The van der Waals surface area contributed by atoms with Crippen molar-refractivity contribution in [3.8, 4) is 0 Å². The Labute approximate surface area is 98.1 Å². The van der Waals surface area contributed by atoms with E-state index in [1.54, 1.807) is 0 Å². The highest BCUT2D eigenvalue weighted by atomic mass is 19.4. The highest BCUT2D eigenvalue weighted by Gasteiger charge is 2.29. The van der Waals surface area contributed by atoms with E-state index < -0.39 is 30.9 Å². The molecule has 4 nitrogen and oxygen atoms in total. The number of ether oxygens (including phenoxy) is 1. The highest BCUT2D eigenvalue weighted by molar-refractivity contribution is 5.80. The van der Waals surface area contributed by atoms with Gasteiger partial charge < -0.3 is 15.2 Å². The van der Waals surface area contributed by atoms with Crippen LogP contribution in [-0.4, -0.2) is 42.5 Å². The second-order valence-electron chi connectivity index (χ2n) is 3.76. The van der Waals surface area contributed by atoms with Gasteiger partial charge in [-0.2, -0.15) is 13.2 Å². The predicted octanol–water partition coefficient (Wildman–Crippen LogP) is 1.23. The first-order chi connectivity index (χ1) is 7.76. The number of rotatable bonds is 7. The molecule has 0 aliphatic carbocycles. The van der Waals surface area contributed by atoms with Gasteiger partial charge in [0.05, 0.1) is 6.10 Å². The molecule has 17 heavy (non-hydrogen) atoms. The molecule has 2 unspecified atom stereocenters. The third kappa shape index (κ3) is 8.93. The molecule has 2 atom stereocenters. The Bertz CT molecular complexity index is 233. The van der Waals surface area contributed by atoms with Crippen LogP contribution in [0.25, 0.3) is 0 Å². The lowest BCUT2D eigenvalue weighted by molar-refractivity contribution is -0.185. The molecule has 0 aromatic rings. The van der Waals surface area contributed by atoms with Crippen LogP contribution in [0.4, 0.5) is 13.2 Å². The van der Waals surface area contributed by atoms with Gasteiger partial charge in [0.2, 0.25) is 5.91 Å². The quantitative estimate of drug-likeness (QED) is 0.721. The van der Waals surface area contributed by atoms with Crippen molar-refractivity contribution in [2.75, 3.05) is 13.2 Å². The molecule has 0 spiro atoms. The summed E-state index contributed by atoms with van der Waals surface area (Å²) >= 11 is 0. The van der Waals surface area contributed by atoms with Gasteiger partial charge in [-0.1, -0.05) is 13.3 Å². The van der Waals surface area contributed by atoms with Crippen molar-refractivity contribution in [3.05, 3.63) is 0 Å². The fraction of sp³-hybridized carbons (Fsp3) is 0.900. The van der Waals surface area contributed by atoms with Crippen LogP contribution in [0.5, 0.6) is 0 Å². The number of carbonyl (C=O) groups excluding carboxylic acids is 1. The minimum atomic E-state index is -4.45. The van der Waals surface area contributed by atoms with Gasteiger partial charge in [0.25, 0.3) is 0 Å². The second kappa shape index (κ2) is 7.50. The summed E-state index contributed by atoms with van der Waals surface area (Å²) in [5.74, 6) is -0.663. The Kier molecular flexibility index (Phi) is 7.13. The fourth-order valence-corrected chi connectivity index (χ4v) is 1.09. The first kappa shape index (κ1) is 16.2. The van der Waals surface area contributed by atoms with Crippen LogP contribution in [0, 0.1) is 0 Å². The van der Waals surface area contributed by atoms with Gasteiger partial charge in [-0.3, -0.25) is 4.79 Å². The zero-order valence-electron chi connectivity index (χ0n) is 9.88. The molecule has 0 heterocycles. The molecule has 0 rings (SSSR count). The normalized spacial score (nSPS) is 15.4. The van der Waals surface area contributed by atoms with E-state index in [4.69, 9.17) is 0 Å². The van der Waals surface area contributed by atoms with Gasteiger partial charge in [0.15, 0.2) is 0 Å². The minimum Gasteiger partial charge on any atom is -0.391 e. The summed E-state index contributed by atoms with van der Waals surface area (Å²) in [7, 11) is 0. The maximum absolute atomic E-state index is 11.8. The zero-order chi connectivity index (χ0) is 13.5. The van der Waals surface area contributed by atoms with Crippen LogP contribution >= 0.6 is 0 Å². The largest absolute Gasteiger partial charge is 0.411 e. The van der Waals surface area contributed by atoms with E-state index in [9.17, 15) is 23.1 Å². The molecule has 0 fully saturated rings. The zero-order valence-corrected chi connectivity index (χ0v) is 9.88. The van der Waals surface area contributed by atoms with Crippen LogP contribution in [0.1, 0.15) is 26.7 Å². The minimum absolute atomic E-state index is 0.0202. The SMILES string of the molecule is CCCC(O)CNC(=O)C(C)OCC(F)(F)F. The highest BCUT2D eigenvalue weighted by Crippen LogP contribution is 2.15. The Balaban J connectivity index is 3.82. The summed E-state index contributed by atoms with van der Waals surface area (Å²) in [5, 5.41) is 11.6. The van der Waals surface area contributed by atoms with Crippen molar-refractivity contribution >= 4 is 5.91 Å². The van der Waals surface area contributed by atoms with E-state index >= 15 is 0 Å². The van der Waals surface area contributed by atoms with E-state index in [1.807, 2.05) is 6.92 Å². The van der Waals surface area contributed by atoms with E-state index in [2.05, 4.69) is 10.1 Å². The Morgan fingerprint density at radius 2 is 2.06 bits per heavy atom. The van der Waals surface area contributed by atoms with Gasteiger partial charge in [-0.15, -0.1) is 0 Å². The van der Waals surface area contributed by atoms with Gasteiger partial charge in [-0.25, -0.2) is 0 Å². The van der Waals surface area contributed by atoms with E-state index in [-0.39, 0.29) is 6.54 Å². The molecule has 0 aromatic carbocycles. The fourth-order valence-electron chi connectivity index (χ4n) is 1.09. The lowest BCUT2D eigenvalue weighted by Crippen LogP contribution is -2.40. The van der Waals surface area contributed by atoms with Crippen molar-refractivity contribution in [1.29, 1.82) is 0 Å². The summed E-state index contributed by atoms with van der Waals surface area (Å²) in [6.07, 6.45) is -5.03. The van der Waals surface area contributed by atoms with Gasteiger partial charge in [0.1, 0.15) is 12.7 Å². The Morgan fingerprint density at radius 1 is 1.47 bits per heavy atom. The summed E-state index contributed by atoms with van der Waals surface area (Å²) in [5.41, 5.74) is 0. The van der Waals surface area contributed by atoms with Crippen molar-refractivity contribution < 1.29 is 27.8 Å². The van der Waals surface area contributed by atoms with Crippen LogP contribution in [0.3, 0.4) is 0 Å². The molecule has 102 valence electrons. The average molecular weight is 257 g/mol. The van der Waals surface area contributed by atoms with E-state index in [1.165, 1.54) is 6.92 Å². The van der Waals surface area contributed by atoms with E-state index in [0.29, 0.717) is 6.42 Å². The topological polar surface area (TPSA) is 58.6 Å². The number of amides is 1. The van der Waals surface area contributed by atoms with Crippen LogP contribution in [-0.2, 0) is 9.53 Å². The molecular weight excluding hydrogens is 239 g/mol. The van der Waals surface area contributed by atoms with Crippen LogP contribution in [0.15, 0.2) is 0 Å². The molecule has 0 saturated heterocycles. The second-order valence-corrected chi connectivity index (χ2v) is 3.76. The van der Waals surface area contributed by atoms with Gasteiger partial charge in [-0.05, 0) is 13.3 Å². The standard InChI is InChI=1S/C10H18F3NO3/c1-3-4-8(15)5-14-9(16)7(2)17-6-10(11,12)13/h7-8,15H,3-6H2,1-2H3,(H,14,16). The molecule has 0 aromatic heterocycles. The van der Waals surface area contributed by atoms with Crippen molar-refractivity contribution in [2.45, 2.75) is 45.1 Å². The molecule has 0 radical (unpaired) electrons. The molecule has 0 aliphatic rings. The number of halogens is 3. The van der Waals surface area contributed by atoms with Crippen molar-refractivity contribution in [3.63, 3.8) is 0 Å². The molecule has 0 bridgehead atoms. The number of hydrogen-bond acceptors (Lipinski definition) is 3. The lowest BCUT2D eigenvalue weighted by atomic mass is 10.2. The number of hydrogen-bond donors (Lipinski definition) is 2. The molecule has 1 amide bonds. The molecule has 0 aliphatic heterocycles. The number of alkyl halides is 3. The molecular formula is C10H18F3NO3. The summed E-state index contributed by atoms with van der Waals surface area (Å²) in [6, 6.07) is 0. The molecule has 7 heteroatoms. The molecule has 2 N–H and O–H groups in total. The third-order valence-corrected chi connectivity index (χ3v) is 2.00. The average Bonchev–Trinajstić information content (AvgIpc) is 2.22. The summed E-state index contributed by atoms with van der Waals surface area (Å²) in [4.78, 5) is 11.3. The monoisotopic (exact) mass is 257 g/mol. The maximum atomic E-state index is 11.8. The summed E-state index contributed by atoms with van der Waals surface area (Å²) < 4.78 is 39.7. The Hall–Kier alpha value is -0.820. The van der Waals surface area contributed by atoms with Gasteiger partial charge in [0, 0.05) is 6.54 Å². The third-order valence-electron chi connectivity index (χ3n) is 2.00.